The number of benzene rings is 2. The van der Waals surface area contributed by atoms with Crippen molar-refractivity contribution in [2.45, 2.75) is 32.0 Å². The normalized spacial score (nSPS) is 14.2. The third-order valence-electron chi connectivity index (χ3n) is 7.60. The highest BCUT2D eigenvalue weighted by Crippen LogP contribution is 2.33. The van der Waals surface area contributed by atoms with Gasteiger partial charge in [0.25, 0.3) is 5.56 Å². The number of nitrogens with one attached hydrogen (secondary N) is 3. The fraction of sp³-hybridized carbons (Fsp3) is 0.212. The van der Waals surface area contributed by atoms with Gasteiger partial charge in [-0.15, -0.1) is 11.3 Å². The zero-order valence-corrected chi connectivity index (χ0v) is 24.0. The smallest absolute Gasteiger partial charge is 0.257 e. The van der Waals surface area contributed by atoms with Crippen molar-refractivity contribution in [1.29, 1.82) is 0 Å². The van der Waals surface area contributed by atoms with Gasteiger partial charge in [-0.25, -0.2) is 9.97 Å². The summed E-state index contributed by atoms with van der Waals surface area (Å²) in [7, 11) is 0. The van der Waals surface area contributed by atoms with Crippen LogP contribution in [0.25, 0.3) is 33.3 Å². The fourth-order valence-corrected chi connectivity index (χ4v) is 6.05. The van der Waals surface area contributed by atoms with E-state index in [-0.39, 0.29) is 11.5 Å². The predicted molar refractivity (Wildman–Crippen MR) is 169 cm³/mol. The molecule has 4 heterocycles. The number of anilines is 1. The molecule has 0 aliphatic carbocycles. The number of hydrogen-bond acceptors (Lipinski definition) is 7. The van der Waals surface area contributed by atoms with Crippen LogP contribution in [-0.2, 0) is 17.9 Å². The minimum Gasteiger partial charge on any atom is -0.328 e. The molecule has 0 unspecified atom stereocenters. The van der Waals surface area contributed by atoms with E-state index in [1.54, 1.807) is 6.20 Å². The Hall–Kier alpha value is -4.44. The minimum absolute atomic E-state index is 0.135. The van der Waals surface area contributed by atoms with Gasteiger partial charge in [0.05, 0.1) is 22.3 Å². The van der Waals surface area contributed by atoms with E-state index in [1.165, 1.54) is 23.0 Å². The van der Waals surface area contributed by atoms with E-state index >= 15 is 0 Å². The van der Waals surface area contributed by atoms with E-state index in [0.29, 0.717) is 28.6 Å². The fourth-order valence-electron chi connectivity index (χ4n) is 5.34. The third-order valence-corrected chi connectivity index (χ3v) is 8.40. The summed E-state index contributed by atoms with van der Waals surface area (Å²) in [5.74, 6) is -0.244. The molecule has 0 bridgehead atoms. The van der Waals surface area contributed by atoms with Gasteiger partial charge in [0.1, 0.15) is 0 Å². The second-order valence-corrected chi connectivity index (χ2v) is 11.3. The summed E-state index contributed by atoms with van der Waals surface area (Å²) in [5.41, 5.74) is 6.61. The highest BCUT2D eigenvalue weighted by Gasteiger charge is 2.20. The summed E-state index contributed by atoms with van der Waals surface area (Å²) in [4.78, 5) is 38.6. The molecule has 2 aromatic carbocycles. The first-order valence-electron chi connectivity index (χ1n) is 14.1. The van der Waals surface area contributed by atoms with Crippen molar-refractivity contribution in [1.82, 2.24) is 25.2 Å². The molecule has 0 spiro atoms. The molecule has 1 aliphatic heterocycles. The molecule has 3 aromatic heterocycles. The molecular weight excluding hydrogens is 544 g/mol. The van der Waals surface area contributed by atoms with Crippen molar-refractivity contribution >= 4 is 33.3 Å². The lowest BCUT2D eigenvalue weighted by atomic mass is 9.97. The van der Waals surface area contributed by atoms with Crippen LogP contribution in [0.15, 0.2) is 95.8 Å². The maximum Gasteiger partial charge on any atom is 0.257 e. The molecule has 6 rings (SSSR count). The molecule has 42 heavy (non-hydrogen) atoms. The van der Waals surface area contributed by atoms with Crippen LogP contribution in [0.2, 0.25) is 0 Å². The number of fused-ring (bicyclic) bond motifs is 1. The number of piperidine rings is 1. The first-order chi connectivity index (χ1) is 20.6. The number of carbonyl (C=O) groups is 1. The van der Waals surface area contributed by atoms with E-state index in [9.17, 15) is 9.59 Å². The Morgan fingerprint density at radius 1 is 1.05 bits per heavy atom. The van der Waals surface area contributed by atoms with Crippen LogP contribution in [0, 0.1) is 0 Å². The summed E-state index contributed by atoms with van der Waals surface area (Å²) in [6, 6.07) is 23.0. The molecule has 0 radical (unpaired) electrons. The van der Waals surface area contributed by atoms with Crippen molar-refractivity contribution in [3.63, 3.8) is 0 Å². The molecule has 212 valence electrons. The van der Waals surface area contributed by atoms with Gasteiger partial charge in [-0.3, -0.25) is 19.8 Å². The minimum atomic E-state index is -0.244. The van der Waals surface area contributed by atoms with Crippen LogP contribution in [0.5, 0.6) is 0 Å². The standard InChI is InChI=1S/C33H32N6O2S/c1-2-30(40)38-33-36-26(21-42-33)19-35-25-13-16-39(17-14-25)20-22-8-10-24(11-9-22)31-27(23-6-4-3-5-7-23)18-28-29(37-31)12-15-34-32(28)41/h2-12,15,18,21,25,35H,1,13-14,16-17,19-20H2,(H,34,41)(H,36,38,40). The maximum atomic E-state index is 12.5. The molecule has 5 aromatic rings. The lowest BCUT2D eigenvalue weighted by molar-refractivity contribution is -0.111. The summed E-state index contributed by atoms with van der Waals surface area (Å²) in [6.07, 6.45) is 5.04. The molecular formula is C33H32N6O2S. The van der Waals surface area contributed by atoms with Crippen LogP contribution in [0.4, 0.5) is 5.13 Å². The largest absolute Gasteiger partial charge is 0.328 e. The second kappa shape index (κ2) is 12.6. The van der Waals surface area contributed by atoms with Crippen molar-refractivity contribution in [2.24, 2.45) is 0 Å². The third kappa shape index (κ3) is 6.38. The number of nitrogens with zero attached hydrogens (tertiary/aromatic N) is 3. The van der Waals surface area contributed by atoms with Gasteiger partial charge in [-0.1, -0.05) is 61.2 Å². The Balaban J connectivity index is 1.08. The van der Waals surface area contributed by atoms with Crippen LogP contribution in [-0.4, -0.2) is 44.9 Å². The molecule has 0 atom stereocenters. The highest BCUT2D eigenvalue weighted by atomic mass is 32.1. The van der Waals surface area contributed by atoms with Crippen molar-refractivity contribution in [2.75, 3.05) is 18.4 Å². The second-order valence-electron chi connectivity index (χ2n) is 10.5. The Labute approximate surface area is 248 Å². The first-order valence-corrected chi connectivity index (χ1v) is 14.9. The average Bonchev–Trinajstić information content (AvgIpc) is 3.48. The summed E-state index contributed by atoms with van der Waals surface area (Å²) >= 11 is 1.42. The van der Waals surface area contributed by atoms with Gasteiger partial charge >= 0.3 is 0 Å². The van der Waals surface area contributed by atoms with Gasteiger partial charge in [0, 0.05) is 41.8 Å². The SMILES string of the molecule is C=CC(=O)Nc1nc(CNC2CCN(Cc3ccc(-c4nc5cc[nH]c(=O)c5cc4-c4ccccc4)cc3)CC2)cs1. The first kappa shape index (κ1) is 27.7. The number of hydrogen-bond donors (Lipinski definition) is 3. The lowest BCUT2D eigenvalue weighted by Crippen LogP contribution is -2.41. The topological polar surface area (TPSA) is 103 Å². The zero-order chi connectivity index (χ0) is 28.9. The van der Waals surface area contributed by atoms with Crippen LogP contribution in [0.3, 0.4) is 0 Å². The highest BCUT2D eigenvalue weighted by molar-refractivity contribution is 7.13. The average molecular weight is 577 g/mol. The van der Waals surface area contributed by atoms with E-state index in [1.807, 2.05) is 47.8 Å². The van der Waals surface area contributed by atoms with Crippen molar-refractivity contribution in [3.05, 3.63) is 113 Å². The lowest BCUT2D eigenvalue weighted by Gasteiger charge is -2.32. The summed E-state index contributed by atoms with van der Waals surface area (Å²) in [6.45, 7) is 7.11. The van der Waals surface area contributed by atoms with Crippen LogP contribution >= 0.6 is 11.3 Å². The van der Waals surface area contributed by atoms with E-state index in [2.05, 4.69) is 56.3 Å². The Kier molecular flexibility index (Phi) is 8.32. The number of H-pyrrole nitrogens is 1. The molecule has 1 fully saturated rings. The molecule has 9 heteroatoms. The van der Waals surface area contributed by atoms with Crippen molar-refractivity contribution in [3.8, 4) is 22.4 Å². The van der Waals surface area contributed by atoms with E-state index in [4.69, 9.17) is 4.98 Å². The number of carbonyl (C=O) groups excluding carboxylic acids is 1. The number of aromatic amines is 1. The number of aromatic nitrogens is 3. The van der Waals surface area contributed by atoms with Crippen LogP contribution < -0.4 is 16.2 Å². The van der Waals surface area contributed by atoms with E-state index < -0.39 is 0 Å². The maximum absolute atomic E-state index is 12.5. The molecule has 1 saturated heterocycles. The van der Waals surface area contributed by atoms with Gasteiger partial charge in [-0.2, -0.15) is 0 Å². The molecule has 0 saturated carbocycles. The predicted octanol–water partition coefficient (Wildman–Crippen LogP) is 5.59. The van der Waals surface area contributed by atoms with Gasteiger partial charge in [0.2, 0.25) is 5.91 Å². The number of amides is 1. The Morgan fingerprint density at radius 2 is 1.83 bits per heavy atom. The Morgan fingerprint density at radius 3 is 2.60 bits per heavy atom. The monoisotopic (exact) mass is 576 g/mol. The number of rotatable bonds is 9. The van der Waals surface area contributed by atoms with Crippen LogP contribution in [0.1, 0.15) is 24.1 Å². The Bertz CT molecular complexity index is 1760. The molecule has 1 aliphatic rings. The van der Waals surface area contributed by atoms with E-state index in [0.717, 1.165) is 60.6 Å². The zero-order valence-electron chi connectivity index (χ0n) is 23.2. The van der Waals surface area contributed by atoms with Gasteiger partial charge in [0.15, 0.2) is 5.13 Å². The number of pyridine rings is 2. The number of likely N-dealkylation sites (tertiary alicyclic amines) is 1. The summed E-state index contributed by atoms with van der Waals surface area (Å²) in [5, 5.41) is 9.49. The molecule has 8 nitrogen and oxygen atoms in total. The quantitative estimate of drug-likeness (QED) is 0.198. The molecule has 1 amide bonds. The number of thiazole rings is 1. The van der Waals surface area contributed by atoms with Gasteiger partial charge in [-0.05, 0) is 55.3 Å². The summed E-state index contributed by atoms with van der Waals surface area (Å²) < 4.78 is 0. The van der Waals surface area contributed by atoms with Gasteiger partial charge < -0.3 is 10.3 Å². The van der Waals surface area contributed by atoms with Crippen molar-refractivity contribution < 1.29 is 4.79 Å². The molecule has 3 N–H and O–H groups in total.